The van der Waals surface area contributed by atoms with Crippen LogP contribution in [0.5, 0.6) is 0 Å². The lowest BCUT2D eigenvalue weighted by molar-refractivity contribution is -0.141. The number of ether oxygens (including phenoxy) is 1. The summed E-state index contributed by atoms with van der Waals surface area (Å²) in [5.41, 5.74) is 1.20. The Morgan fingerprint density at radius 3 is 2.64 bits per heavy atom. The molecule has 1 saturated carbocycles. The summed E-state index contributed by atoms with van der Waals surface area (Å²) < 4.78 is 5.34. The van der Waals surface area contributed by atoms with Crippen molar-refractivity contribution < 1.29 is 9.53 Å². The predicted molar refractivity (Wildman–Crippen MR) is 92.5 cm³/mol. The van der Waals surface area contributed by atoms with Crippen LogP contribution in [-0.4, -0.2) is 83.7 Å². The monoisotopic (exact) mass is 343 g/mol. The third-order valence-electron chi connectivity index (χ3n) is 6.02. The van der Waals surface area contributed by atoms with Gasteiger partial charge >= 0.3 is 0 Å². The molecule has 0 spiro atoms. The molecule has 7 nitrogen and oxygen atoms in total. The fourth-order valence-corrected chi connectivity index (χ4v) is 4.34. The molecule has 134 valence electrons. The minimum Gasteiger partial charge on any atom is -0.378 e. The number of rotatable bonds is 4. The number of piperidine rings is 1. The zero-order valence-electron chi connectivity index (χ0n) is 14.5. The molecule has 5 aliphatic rings. The van der Waals surface area contributed by atoms with Gasteiger partial charge in [-0.05, 0) is 19.3 Å². The molecule has 2 atom stereocenters. The number of fused-ring (bicyclic) bond motifs is 2. The first-order chi connectivity index (χ1) is 12.3. The third kappa shape index (κ3) is 3.00. The SMILES string of the molecule is O=C(CN1C2CC1CN(c1cc(C3CC3)ncn1)C2)N1CCOCC1. The Kier molecular flexibility index (Phi) is 3.86. The molecule has 2 unspecified atom stereocenters. The molecular formula is C18H25N5O2. The number of nitrogens with zero attached hydrogens (tertiary/aromatic N) is 5. The first kappa shape index (κ1) is 15.5. The van der Waals surface area contributed by atoms with Gasteiger partial charge in [0.05, 0.1) is 19.8 Å². The van der Waals surface area contributed by atoms with Crippen molar-refractivity contribution in [3.05, 3.63) is 18.1 Å². The van der Waals surface area contributed by atoms with Crippen LogP contribution in [0.1, 0.15) is 30.9 Å². The number of hydrogen-bond acceptors (Lipinski definition) is 6. The summed E-state index contributed by atoms with van der Waals surface area (Å²) in [6.45, 7) is 5.30. The lowest BCUT2D eigenvalue weighted by atomic mass is 9.87. The van der Waals surface area contributed by atoms with Gasteiger partial charge in [0.25, 0.3) is 0 Å². The van der Waals surface area contributed by atoms with Crippen molar-refractivity contribution in [2.45, 2.75) is 37.3 Å². The van der Waals surface area contributed by atoms with Crippen molar-refractivity contribution in [3.63, 3.8) is 0 Å². The number of hydrogen-bond donors (Lipinski definition) is 0. The predicted octanol–water partition coefficient (Wildman–Crippen LogP) is 0.476. The number of aromatic nitrogens is 2. The fraction of sp³-hybridized carbons (Fsp3) is 0.722. The molecule has 2 bridgehead atoms. The molecule has 1 amide bonds. The average molecular weight is 343 g/mol. The van der Waals surface area contributed by atoms with E-state index in [2.05, 4.69) is 25.8 Å². The number of amides is 1. The van der Waals surface area contributed by atoms with Crippen LogP contribution in [0, 0.1) is 0 Å². The van der Waals surface area contributed by atoms with Crippen LogP contribution < -0.4 is 4.90 Å². The summed E-state index contributed by atoms with van der Waals surface area (Å²) in [7, 11) is 0. The van der Waals surface area contributed by atoms with Gasteiger partial charge in [-0.3, -0.25) is 9.69 Å². The second kappa shape index (κ2) is 6.21. The fourth-order valence-electron chi connectivity index (χ4n) is 4.34. The first-order valence-corrected chi connectivity index (χ1v) is 9.46. The highest BCUT2D eigenvalue weighted by Gasteiger charge is 2.46. The standard InChI is InChI=1S/C18H25N5O2/c24-18(21-3-5-25-6-4-21)11-23-14-7-15(23)10-22(9-14)17-8-16(13-1-2-13)19-12-20-17/h8,12-15H,1-7,9-11H2. The molecule has 0 aromatic carbocycles. The summed E-state index contributed by atoms with van der Waals surface area (Å²) in [5.74, 6) is 1.97. The van der Waals surface area contributed by atoms with Gasteiger partial charge in [0.1, 0.15) is 12.1 Å². The second-order valence-electron chi connectivity index (χ2n) is 7.69. The van der Waals surface area contributed by atoms with Crippen LogP contribution in [0.15, 0.2) is 12.4 Å². The first-order valence-electron chi connectivity index (χ1n) is 9.46. The maximum Gasteiger partial charge on any atom is 0.236 e. The molecule has 1 aromatic rings. The Balaban J connectivity index is 1.20. The number of carbonyl (C=O) groups is 1. The Morgan fingerprint density at radius 1 is 1.16 bits per heavy atom. The van der Waals surface area contributed by atoms with Crippen LogP contribution in [0.3, 0.4) is 0 Å². The molecule has 4 aliphatic heterocycles. The lowest BCUT2D eigenvalue weighted by Gasteiger charge is -2.56. The normalized spacial score (nSPS) is 29.4. The molecule has 4 saturated heterocycles. The Hall–Kier alpha value is -1.73. The van der Waals surface area contributed by atoms with Crippen molar-refractivity contribution in [3.8, 4) is 0 Å². The molecular weight excluding hydrogens is 318 g/mol. The van der Waals surface area contributed by atoms with Crippen molar-refractivity contribution in [2.75, 3.05) is 50.8 Å². The van der Waals surface area contributed by atoms with Gasteiger partial charge in [-0.15, -0.1) is 0 Å². The average Bonchev–Trinajstić information content (AvgIpc) is 3.52. The quantitative estimate of drug-likeness (QED) is 0.792. The van der Waals surface area contributed by atoms with E-state index in [1.807, 2.05) is 4.90 Å². The third-order valence-corrected chi connectivity index (χ3v) is 6.02. The highest BCUT2D eigenvalue weighted by molar-refractivity contribution is 5.78. The summed E-state index contributed by atoms with van der Waals surface area (Å²) in [4.78, 5) is 28.1. The molecule has 1 aromatic heterocycles. The van der Waals surface area contributed by atoms with E-state index in [9.17, 15) is 4.79 Å². The molecule has 5 fully saturated rings. The van der Waals surface area contributed by atoms with E-state index in [0.717, 1.165) is 32.0 Å². The van der Waals surface area contributed by atoms with Crippen LogP contribution in [0.25, 0.3) is 0 Å². The number of carbonyl (C=O) groups excluding carboxylic acids is 1. The lowest BCUT2D eigenvalue weighted by Crippen LogP contribution is -2.70. The van der Waals surface area contributed by atoms with Gasteiger partial charge in [0.2, 0.25) is 5.91 Å². The molecule has 0 N–H and O–H groups in total. The minimum atomic E-state index is 0.254. The van der Waals surface area contributed by atoms with Crippen LogP contribution in [-0.2, 0) is 9.53 Å². The largest absolute Gasteiger partial charge is 0.378 e. The van der Waals surface area contributed by atoms with E-state index in [-0.39, 0.29) is 5.91 Å². The Bertz CT molecular complexity index is 647. The Labute approximate surface area is 148 Å². The van der Waals surface area contributed by atoms with Gasteiger partial charge < -0.3 is 14.5 Å². The number of morpholine rings is 1. The highest BCUT2D eigenvalue weighted by Crippen LogP contribution is 2.40. The number of piperazine rings is 1. The van der Waals surface area contributed by atoms with Crippen LogP contribution in [0.2, 0.25) is 0 Å². The molecule has 5 heterocycles. The maximum absolute atomic E-state index is 12.5. The molecule has 1 aliphatic carbocycles. The van der Waals surface area contributed by atoms with Crippen molar-refractivity contribution in [1.82, 2.24) is 19.8 Å². The zero-order chi connectivity index (χ0) is 16.8. The summed E-state index contributed by atoms with van der Waals surface area (Å²) in [5, 5.41) is 0. The second-order valence-corrected chi connectivity index (χ2v) is 7.69. The van der Waals surface area contributed by atoms with Crippen molar-refractivity contribution in [2.24, 2.45) is 0 Å². The smallest absolute Gasteiger partial charge is 0.236 e. The van der Waals surface area contributed by atoms with Crippen molar-refractivity contribution >= 4 is 11.7 Å². The van der Waals surface area contributed by atoms with E-state index in [0.29, 0.717) is 37.8 Å². The maximum atomic E-state index is 12.5. The molecule has 7 heteroatoms. The van der Waals surface area contributed by atoms with E-state index in [1.165, 1.54) is 25.0 Å². The van der Waals surface area contributed by atoms with E-state index < -0.39 is 0 Å². The van der Waals surface area contributed by atoms with E-state index >= 15 is 0 Å². The highest BCUT2D eigenvalue weighted by atomic mass is 16.5. The van der Waals surface area contributed by atoms with Gasteiger partial charge in [-0.2, -0.15) is 0 Å². The molecule has 25 heavy (non-hydrogen) atoms. The van der Waals surface area contributed by atoms with Crippen LogP contribution in [0.4, 0.5) is 5.82 Å². The molecule has 6 rings (SSSR count). The van der Waals surface area contributed by atoms with Gasteiger partial charge in [-0.25, -0.2) is 9.97 Å². The number of anilines is 1. The van der Waals surface area contributed by atoms with Gasteiger partial charge in [0.15, 0.2) is 0 Å². The Morgan fingerprint density at radius 2 is 1.92 bits per heavy atom. The van der Waals surface area contributed by atoms with Gasteiger partial charge in [0, 0.05) is 55.9 Å². The van der Waals surface area contributed by atoms with Crippen molar-refractivity contribution in [1.29, 1.82) is 0 Å². The zero-order valence-corrected chi connectivity index (χ0v) is 14.5. The van der Waals surface area contributed by atoms with Gasteiger partial charge in [-0.1, -0.05) is 0 Å². The van der Waals surface area contributed by atoms with E-state index in [1.54, 1.807) is 6.33 Å². The minimum absolute atomic E-state index is 0.254. The van der Waals surface area contributed by atoms with Crippen LogP contribution >= 0.6 is 0 Å². The summed E-state index contributed by atoms with van der Waals surface area (Å²) in [6, 6.07) is 3.12. The molecule has 0 radical (unpaired) electrons. The summed E-state index contributed by atoms with van der Waals surface area (Å²) in [6.07, 6.45) is 5.44. The van der Waals surface area contributed by atoms with E-state index in [4.69, 9.17) is 4.74 Å². The summed E-state index contributed by atoms with van der Waals surface area (Å²) >= 11 is 0. The topological polar surface area (TPSA) is 61.8 Å².